The number of hydrogen-bond acceptors (Lipinski definition) is 4. The second kappa shape index (κ2) is 7.27. The number of carbonyl (C=O) groups excluding carboxylic acids is 1. The second-order valence-corrected chi connectivity index (χ2v) is 4.53. The molecule has 0 amide bonds. The van der Waals surface area contributed by atoms with Crippen molar-refractivity contribution in [2.24, 2.45) is 0 Å². The minimum absolute atomic E-state index is 0.230. The van der Waals surface area contributed by atoms with E-state index in [-0.39, 0.29) is 5.97 Å². The van der Waals surface area contributed by atoms with E-state index in [2.05, 4.69) is 20.9 Å². The molecule has 1 rings (SSSR count). The third-order valence-electron chi connectivity index (χ3n) is 2.23. The fraction of sp³-hybridized carbons (Fsp3) is 0.500. The van der Waals surface area contributed by atoms with Gasteiger partial charge in [0, 0.05) is 23.2 Å². The van der Waals surface area contributed by atoms with Gasteiger partial charge >= 0.3 is 5.97 Å². The molecule has 0 saturated heterocycles. The van der Waals surface area contributed by atoms with Crippen LogP contribution in [0.2, 0.25) is 0 Å². The van der Waals surface area contributed by atoms with Crippen molar-refractivity contribution in [2.45, 2.75) is 26.2 Å². The summed E-state index contributed by atoms with van der Waals surface area (Å²) in [5.41, 5.74) is 1.06. The molecule has 0 bridgehead atoms. The summed E-state index contributed by atoms with van der Waals surface area (Å²) < 4.78 is 11.0. The van der Waals surface area contributed by atoms with Crippen molar-refractivity contribution in [3.8, 4) is 5.88 Å². The van der Waals surface area contributed by atoms with Crippen LogP contribution in [0.25, 0.3) is 0 Å². The van der Waals surface area contributed by atoms with Crippen LogP contribution in [0.1, 0.15) is 25.3 Å². The molecule has 1 aromatic heterocycles. The lowest BCUT2D eigenvalue weighted by Gasteiger charge is -2.07. The van der Waals surface area contributed by atoms with Crippen molar-refractivity contribution in [2.75, 3.05) is 13.7 Å². The first kappa shape index (κ1) is 14.0. The molecule has 0 saturated carbocycles. The van der Waals surface area contributed by atoms with Gasteiger partial charge in [0.1, 0.15) is 0 Å². The lowest BCUT2D eigenvalue weighted by Crippen LogP contribution is -2.01. The molecular formula is C12H16BrNO3. The van der Waals surface area contributed by atoms with E-state index in [0.717, 1.165) is 29.3 Å². The van der Waals surface area contributed by atoms with Crippen molar-refractivity contribution in [1.82, 2.24) is 4.98 Å². The van der Waals surface area contributed by atoms with Gasteiger partial charge in [-0.25, -0.2) is 4.98 Å². The van der Waals surface area contributed by atoms with Crippen LogP contribution < -0.4 is 4.74 Å². The minimum Gasteiger partial charge on any atom is -0.481 e. The summed E-state index contributed by atoms with van der Waals surface area (Å²) in [6.07, 6.45) is 4.34. The van der Waals surface area contributed by atoms with Gasteiger partial charge in [-0.3, -0.25) is 4.79 Å². The zero-order valence-corrected chi connectivity index (χ0v) is 11.6. The zero-order valence-electron chi connectivity index (χ0n) is 10.0. The maximum atomic E-state index is 10.6. The Hall–Kier alpha value is -1.10. The zero-order chi connectivity index (χ0) is 12.7. The van der Waals surface area contributed by atoms with E-state index >= 15 is 0 Å². The van der Waals surface area contributed by atoms with Gasteiger partial charge in [-0.2, -0.15) is 0 Å². The van der Waals surface area contributed by atoms with Crippen molar-refractivity contribution >= 4 is 21.9 Å². The molecule has 1 heterocycles. The Morgan fingerprint density at radius 3 is 2.88 bits per heavy atom. The van der Waals surface area contributed by atoms with Gasteiger partial charge in [-0.1, -0.05) is 0 Å². The molecule has 4 nitrogen and oxygen atoms in total. The van der Waals surface area contributed by atoms with Gasteiger partial charge in [-0.15, -0.1) is 0 Å². The molecule has 5 heteroatoms. The standard InChI is InChI=1S/C12H16BrNO3/c1-9(15)17-6-4-3-5-10-7-11(13)8-14-12(10)16-2/h7-8H,3-6H2,1-2H3. The number of nitrogens with zero attached hydrogens (tertiary/aromatic N) is 1. The highest BCUT2D eigenvalue weighted by molar-refractivity contribution is 9.10. The quantitative estimate of drug-likeness (QED) is 0.599. The summed E-state index contributed by atoms with van der Waals surface area (Å²) in [6, 6.07) is 2.00. The van der Waals surface area contributed by atoms with Crippen LogP contribution in [-0.2, 0) is 16.0 Å². The van der Waals surface area contributed by atoms with E-state index in [0.29, 0.717) is 12.5 Å². The molecule has 0 radical (unpaired) electrons. The average Bonchev–Trinajstić information content (AvgIpc) is 2.28. The minimum atomic E-state index is -0.230. The molecule has 0 aliphatic rings. The Morgan fingerprint density at radius 2 is 2.24 bits per heavy atom. The number of esters is 1. The fourth-order valence-corrected chi connectivity index (χ4v) is 1.84. The predicted octanol–water partition coefficient (Wildman–Crippen LogP) is 2.74. The van der Waals surface area contributed by atoms with E-state index in [1.807, 2.05) is 6.07 Å². The molecule has 0 aliphatic carbocycles. The summed E-state index contributed by atoms with van der Waals surface area (Å²) >= 11 is 3.38. The van der Waals surface area contributed by atoms with E-state index in [1.54, 1.807) is 13.3 Å². The van der Waals surface area contributed by atoms with E-state index < -0.39 is 0 Å². The van der Waals surface area contributed by atoms with Gasteiger partial charge in [0.25, 0.3) is 0 Å². The van der Waals surface area contributed by atoms with Crippen molar-refractivity contribution in [3.05, 3.63) is 22.3 Å². The van der Waals surface area contributed by atoms with Gasteiger partial charge < -0.3 is 9.47 Å². The van der Waals surface area contributed by atoms with Crippen LogP contribution >= 0.6 is 15.9 Å². The SMILES string of the molecule is COc1ncc(Br)cc1CCCCOC(C)=O. The number of carbonyl (C=O) groups is 1. The first-order valence-corrected chi connectivity index (χ1v) is 6.24. The Kier molecular flexibility index (Phi) is 5.97. The molecule has 0 aromatic carbocycles. The van der Waals surface area contributed by atoms with Crippen LogP contribution in [0, 0.1) is 0 Å². The Bertz CT molecular complexity index is 382. The Morgan fingerprint density at radius 1 is 1.47 bits per heavy atom. The Labute approximate surface area is 109 Å². The number of pyridine rings is 1. The number of aryl methyl sites for hydroxylation is 1. The highest BCUT2D eigenvalue weighted by Gasteiger charge is 2.05. The number of unbranched alkanes of at least 4 members (excludes halogenated alkanes) is 1. The van der Waals surface area contributed by atoms with Crippen LogP contribution in [-0.4, -0.2) is 24.7 Å². The number of halogens is 1. The number of methoxy groups -OCH3 is 1. The smallest absolute Gasteiger partial charge is 0.302 e. The van der Waals surface area contributed by atoms with E-state index in [9.17, 15) is 4.79 Å². The van der Waals surface area contributed by atoms with E-state index in [4.69, 9.17) is 9.47 Å². The van der Waals surface area contributed by atoms with Gasteiger partial charge in [-0.05, 0) is 41.3 Å². The number of rotatable bonds is 6. The van der Waals surface area contributed by atoms with Crippen LogP contribution in [0.5, 0.6) is 5.88 Å². The molecule has 0 unspecified atom stereocenters. The molecule has 1 aromatic rings. The molecule has 0 fully saturated rings. The average molecular weight is 302 g/mol. The lowest BCUT2D eigenvalue weighted by molar-refractivity contribution is -0.141. The first-order chi connectivity index (χ1) is 8.13. The largest absolute Gasteiger partial charge is 0.481 e. The highest BCUT2D eigenvalue weighted by atomic mass is 79.9. The molecule has 0 aliphatic heterocycles. The normalized spacial score (nSPS) is 10.1. The molecule has 94 valence electrons. The second-order valence-electron chi connectivity index (χ2n) is 3.62. The summed E-state index contributed by atoms with van der Waals surface area (Å²) in [7, 11) is 1.61. The third-order valence-corrected chi connectivity index (χ3v) is 2.66. The van der Waals surface area contributed by atoms with Crippen molar-refractivity contribution < 1.29 is 14.3 Å². The van der Waals surface area contributed by atoms with Crippen molar-refractivity contribution in [1.29, 1.82) is 0 Å². The summed E-state index contributed by atoms with van der Waals surface area (Å²) in [5, 5.41) is 0. The number of ether oxygens (including phenoxy) is 2. The van der Waals surface area contributed by atoms with Crippen LogP contribution in [0.3, 0.4) is 0 Å². The van der Waals surface area contributed by atoms with Gasteiger partial charge in [0.2, 0.25) is 5.88 Å². The van der Waals surface area contributed by atoms with Crippen molar-refractivity contribution in [3.63, 3.8) is 0 Å². The number of aromatic nitrogens is 1. The molecule has 0 N–H and O–H groups in total. The fourth-order valence-electron chi connectivity index (χ4n) is 1.46. The number of hydrogen-bond donors (Lipinski definition) is 0. The molecule has 0 spiro atoms. The summed E-state index contributed by atoms with van der Waals surface area (Å²) in [5.74, 6) is 0.424. The van der Waals surface area contributed by atoms with Crippen LogP contribution in [0.4, 0.5) is 0 Å². The lowest BCUT2D eigenvalue weighted by atomic mass is 10.1. The molecule has 17 heavy (non-hydrogen) atoms. The highest BCUT2D eigenvalue weighted by Crippen LogP contribution is 2.21. The topological polar surface area (TPSA) is 48.4 Å². The third kappa shape index (κ3) is 5.17. The molecular weight excluding hydrogens is 286 g/mol. The van der Waals surface area contributed by atoms with Gasteiger partial charge in [0.05, 0.1) is 13.7 Å². The summed E-state index contributed by atoms with van der Waals surface area (Å²) in [4.78, 5) is 14.7. The summed E-state index contributed by atoms with van der Waals surface area (Å²) in [6.45, 7) is 1.89. The Balaban J connectivity index is 2.40. The maximum absolute atomic E-state index is 10.6. The maximum Gasteiger partial charge on any atom is 0.302 e. The first-order valence-electron chi connectivity index (χ1n) is 5.45. The van der Waals surface area contributed by atoms with Gasteiger partial charge in [0.15, 0.2) is 0 Å². The van der Waals surface area contributed by atoms with E-state index in [1.165, 1.54) is 6.92 Å². The molecule has 0 atom stereocenters. The monoisotopic (exact) mass is 301 g/mol. The van der Waals surface area contributed by atoms with Crippen LogP contribution in [0.15, 0.2) is 16.7 Å². The predicted molar refractivity (Wildman–Crippen MR) is 68.1 cm³/mol.